The van der Waals surface area contributed by atoms with Gasteiger partial charge in [0.15, 0.2) is 0 Å². The van der Waals surface area contributed by atoms with Crippen molar-refractivity contribution in [2.24, 2.45) is 0 Å². The van der Waals surface area contributed by atoms with E-state index in [0.717, 1.165) is 16.9 Å². The quantitative estimate of drug-likeness (QED) is 0.567. The second-order valence-corrected chi connectivity index (χ2v) is 5.46. The van der Waals surface area contributed by atoms with Gasteiger partial charge in [-0.05, 0) is 23.3 Å². The molecule has 24 heavy (non-hydrogen) atoms. The summed E-state index contributed by atoms with van der Waals surface area (Å²) in [5, 5.41) is 10.8. The molecule has 0 saturated heterocycles. The Bertz CT molecular complexity index is 775. The number of hydrogen-bond acceptors (Lipinski definition) is 3. The van der Waals surface area contributed by atoms with Gasteiger partial charge < -0.3 is 4.74 Å². The Morgan fingerprint density at radius 3 is 2.29 bits per heavy atom. The van der Waals surface area contributed by atoms with Crippen LogP contribution in [0, 0.1) is 10.1 Å². The Morgan fingerprint density at radius 2 is 1.67 bits per heavy atom. The molecular formula is C20H17NO3. The molecule has 1 unspecified atom stereocenters. The molecule has 0 bridgehead atoms. The lowest BCUT2D eigenvalue weighted by molar-refractivity contribution is -0.384. The zero-order valence-electron chi connectivity index (χ0n) is 13.0. The summed E-state index contributed by atoms with van der Waals surface area (Å²) >= 11 is 0. The summed E-state index contributed by atoms with van der Waals surface area (Å²) in [7, 11) is 0. The number of nitrogens with zero attached hydrogens (tertiary/aromatic N) is 1. The Balaban J connectivity index is 1.81. The summed E-state index contributed by atoms with van der Waals surface area (Å²) in [6, 6.07) is 16.3. The average Bonchev–Trinajstić information content (AvgIpc) is 3.13. The molecule has 3 rings (SSSR count). The smallest absolute Gasteiger partial charge is 0.269 e. The van der Waals surface area contributed by atoms with Crippen molar-refractivity contribution in [1.29, 1.82) is 0 Å². The molecule has 0 fully saturated rings. The van der Waals surface area contributed by atoms with Gasteiger partial charge >= 0.3 is 0 Å². The van der Waals surface area contributed by atoms with E-state index in [1.165, 1.54) is 12.1 Å². The maximum Gasteiger partial charge on any atom is 0.269 e. The molecule has 0 saturated carbocycles. The van der Waals surface area contributed by atoms with Gasteiger partial charge in [0, 0.05) is 18.1 Å². The van der Waals surface area contributed by atoms with Gasteiger partial charge in [-0.2, -0.15) is 0 Å². The van der Waals surface area contributed by atoms with Crippen LogP contribution < -0.4 is 4.74 Å². The van der Waals surface area contributed by atoms with E-state index in [1.807, 2.05) is 54.6 Å². The van der Waals surface area contributed by atoms with E-state index in [1.54, 1.807) is 12.1 Å². The first-order valence-electron chi connectivity index (χ1n) is 7.71. The van der Waals surface area contributed by atoms with Crippen LogP contribution in [0.5, 0.6) is 5.75 Å². The molecular weight excluding hydrogens is 302 g/mol. The highest BCUT2D eigenvalue weighted by molar-refractivity contribution is 5.43. The minimum Gasteiger partial charge on any atom is -0.493 e. The van der Waals surface area contributed by atoms with Gasteiger partial charge in [-0.1, -0.05) is 60.7 Å². The molecule has 0 aliphatic heterocycles. The minimum absolute atomic E-state index is 0.00779. The molecule has 0 spiro atoms. The molecule has 4 heteroatoms. The topological polar surface area (TPSA) is 52.4 Å². The lowest BCUT2D eigenvalue weighted by Crippen LogP contribution is -2.09. The van der Waals surface area contributed by atoms with Gasteiger partial charge in [-0.25, -0.2) is 0 Å². The summed E-state index contributed by atoms with van der Waals surface area (Å²) in [5.74, 6) is 0.814. The van der Waals surface area contributed by atoms with Crippen LogP contribution in [0.25, 0.3) is 0 Å². The lowest BCUT2D eigenvalue weighted by Gasteiger charge is -2.15. The first-order chi connectivity index (χ1) is 11.7. The van der Waals surface area contributed by atoms with Crippen molar-refractivity contribution >= 4 is 5.69 Å². The highest BCUT2D eigenvalue weighted by atomic mass is 16.6. The van der Waals surface area contributed by atoms with Crippen LogP contribution in [0.4, 0.5) is 5.69 Å². The van der Waals surface area contributed by atoms with E-state index in [4.69, 9.17) is 4.74 Å². The number of non-ortho nitro benzene ring substituents is 1. The van der Waals surface area contributed by atoms with Crippen molar-refractivity contribution in [1.82, 2.24) is 0 Å². The number of nitro groups is 1. The Labute approximate surface area is 140 Å². The Hall–Kier alpha value is -3.14. The Morgan fingerprint density at radius 1 is 1.00 bits per heavy atom. The van der Waals surface area contributed by atoms with Crippen molar-refractivity contribution in [2.75, 3.05) is 6.61 Å². The molecule has 0 amide bonds. The fraction of sp³-hybridized carbons (Fsp3) is 0.100. The highest BCUT2D eigenvalue weighted by Gasteiger charge is 2.13. The maximum atomic E-state index is 10.8. The summed E-state index contributed by atoms with van der Waals surface area (Å²) in [4.78, 5) is 10.4. The summed E-state index contributed by atoms with van der Waals surface area (Å²) in [6.45, 7) is 0.465. The number of ether oxygens (including phenoxy) is 1. The van der Waals surface area contributed by atoms with Crippen LogP contribution in [0.3, 0.4) is 0 Å². The van der Waals surface area contributed by atoms with Crippen LogP contribution in [0.1, 0.15) is 11.5 Å². The van der Waals surface area contributed by atoms with E-state index in [2.05, 4.69) is 6.08 Å². The molecule has 1 aliphatic rings. The fourth-order valence-electron chi connectivity index (χ4n) is 2.52. The van der Waals surface area contributed by atoms with E-state index >= 15 is 0 Å². The predicted octanol–water partition coefficient (Wildman–Crippen LogP) is 4.81. The number of rotatable bonds is 6. The molecule has 0 N–H and O–H groups in total. The molecule has 4 nitrogen and oxygen atoms in total. The monoisotopic (exact) mass is 319 g/mol. The number of benzene rings is 2. The van der Waals surface area contributed by atoms with Crippen LogP contribution in [-0.4, -0.2) is 11.5 Å². The average molecular weight is 319 g/mol. The Kier molecular flexibility index (Phi) is 4.87. The van der Waals surface area contributed by atoms with Gasteiger partial charge in [0.25, 0.3) is 5.69 Å². The summed E-state index contributed by atoms with van der Waals surface area (Å²) in [5.41, 5.74) is 2.18. The first-order valence-corrected chi connectivity index (χ1v) is 7.71. The van der Waals surface area contributed by atoms with Gasteiger partial charge in [-0.3, -0.25) is 10.1 Å². The van der Waals surface area contributed by atoms with E-state index in [0.29, 0.717) is 6.61 Å². The van der Waals surface area contributed by atoms with Gasteiger partial charge in [0.1, 0.15) is 5.75 Å². The lowest BCUT2D eigenvalue weighted by atomic mass is 9.97. The molecule has 0 aromatic heterocycles. The highest BCUT2D eigenvalue weighted by Crippen LogP contribution is 2.25. The van der Waals surface area contributed by atoms with Gasteiger partial charge in [-0.15, -0.1) is 0 Å². The van der Waals surface area contributed by atoms with Crippen molar-refractivity contribution in [3.8, 4) is 5.75 Å². The van der Waals surface area contributed by atoms with E-state index in [-0.39, 0.29) is 16.5 Å². The van der Waals surface area contributed by atoms with Crippen molar-refractivity contribution < 1.29 is 9.66 Å². The largest absolute Gasteiger partial charge is 0.493 e. The predicted molar refractivity (Wildman–Crippen MR) is 94.1 cm³/mol. The molecule has 1 atom stereocenters. The zero-order chi connectivity index (χ0) is 16.8. The van der Waals surface area contributed by atoms with Crippen LogP contribution >= 0.6 is 0 Å². The summed E-state index contributed by atoms with van der Waals surface area (Å²) < 4.78 is 5.88. The van der Waals surface area contributed by atoms with Gasteiger partial charge in [0.05, 0.1) is 11.5 Å². The minimum atomic E-state index is -0.389. The van der Waals surface area contributed by atoms with Gasteiger partial charge in [0.2, 0.25) is 0 Å². The van der Waals surface area contributed by atoms with Crippen LogP contribution in [0.15, 0.2) is 90.6 Å². The molecule has 120 valence electrons. The molecule has 2 aromatic rings. The standard InChI is InChI=1S/C20H17NO3/c22-21(23)19-12-10-17(11-13-19)18(14-16-6-4-5-7-16)15-24-20-8-2-1-3-9-20/h1-14,18H,15H2. The number of allylic oxidation sites excluding steroid dienone is 5. The van der Waals surface area contributed by atoms with Crippen molar-refractivity contribution in [3.63, 3.8) is 0 Å². The zero-order valence-corrected chi connectivity index (χ0v) is 13.0. The van der Waals surface area contributed by atoms with Crippen LogP contribution in [0.2, 0.25) is 0 Å². The number of nitro benzene ring substituents is 1. The molecule has 2 aromatic carbocycles. The normalized spacial score (nSPS) is 13.8. The van der Waals surface area contributed by atoms with Crippen LogP contribution in [-0.2, 0) is 0 Å². The van der Waals surface area contributed by atoms with Crippen molar-refractivity contribution in [2.45, 2.75) is 5.92 Å². The second-order valence-electron chi connectivity index (χ2n) is 5.46. The van der Waals surface area contributed by atoms with Crippen molar-refractivity contribution in [3.05, 3.63) is 106 Å². The molecule has 0 radical (unpaired) electrons. The molecule has 1 aliphatic carbocycles. The first kappa shape index (κ1) is 15.7. The third-order valence-electron chi connectivity index (χ3n) is 3.79. The maximum absolute atomic E-state index is 10.8. The van der Waals surface area contributed by atoms with E-state index < -0.39 is 0 Å². The third-order valence-corrected chi connectivity index (χ3v) is 3.79. The number of para-hydroxylation sites is 1. The number of hydrogen-bond donors (Lipinski definition) is 0. The third kappa shape index (κ3) is 3.98. The SMILES string of the molecule is O=[N+]([O-])c1ccc(C(C=C2C=CC=C2)COc2ccccc2)cc1. The molecule has 0 heterocycles. The fourth-order valence-corrected chi connectivity index (χ4v) is 2.52. The second kappa shape index (κ2) is 7.42. The van der Waals surface area contributed by atoms with E-state index in [9.17, 15) is 10.1 Å². The summed E-state index contributed by atoms with van der Waals surface area (Å²) in [6.07, 6.45) is 10.1.